The lowest BCUT2D eigenvalue weighted by atomic mass is 10.2. The van der Waals surface area contributed by atoms with Crippen LogP contribution in [0.25, 0.3) is 0 Å². The summed E-state index contributed by atoms with van der Waals surface area (Å²) < 4.78 is 0. The number of amides is 1. The molecule has 2 N–H and O–H groups in total. The lowest BCUT2D eigenvalue weighted by Crippen LogP contribution is -2.29. The summed E-state index contributed by atoms with van der Waals surface area (Å²) in [5.41, 5.74) is 0.00775. The van der Waals surface area contributed by atoms with Crippen molar-refractivity contribution in [3.63, 3.8) is 0 Å². The van der Waals surface area contributed by atoms with Crippen LogP contribution in [-0.4, -0.2) is 23.9 Å². The number of rotatable bonds is 6. The third kappa shape index (κ3) is 3.76. The summed E-state index contributed by atoms with van der Waals surface area (Å²) >= 11 is 0. The van der Waals surface area contributed by atoms with Gasteiger partial charge in [-0.15, -0.1) is 0 Å². The minimum absolute atomic E-state index is 0.104. The number of carbonyl (C=O) groups excluding carboxylic acids is 1. The van der Waals surface area contributed by atoms with Crippen LogP contribution < -0.4 is 10.6 Å². The zero-order chi connectivity index (χ0) is 14.5. The molecular formula is C13H14N4O3. The Balaban J connectivity index is 1.98. The molecule has 0 aliphatic heterocycles. The van der Waals surface area contributed by atoms with Crippen molar-refractivity contribution in [2.24, 2.45) is 5.92 Å². The van der Waals surface area contributed by atoms with Crippen molar-refractivity contribution < 1.29 is 9.72 Å². The van der Waals surface area contributed by atoms with E-state index in [1.165, 1.54) is 25.0 Å². The Hall–Kier alpha value is -2.46. The van der Waals surface area contributed by atoms with Gasteiger partial charge < -0.3 is 10.6 Å². The Labute approximate surface area is 115 Å². The molecule has 1 saturated carbocycles. The van der Waals surface area contributed by atoms with Gasteiger partial charge in [0, 0.05) is 6.07 Å². The predicted molar refractivity (Wildman–Crippen MR) is 72.0 cm³/mol. The molecule has 0 saturated heterocycles. The first kappa shape index (κ1) is 14.0. The fourth-order valence-corrected chi connectivity index (χ4v) is 1.76. The van der Waals surface area contributed by atoms with Crippen LogP contribution in [0.5, 0.6) is 0 Å². The van der Waals surface area contributed by atoms with Gasteiger partial charge in [0.2, 0.25) is 5.91 Å². The molecule has 1 aliphatic carbocycles. The molecule has 20 heavy (non-hydrogen) atoms. The van der Waals surface area contributed by atoms with E-state index >= 15 is 0 Å². The molecule has 104 valence electrons. The van der Waals surface area contributed by atoms with Gasteiger partial charge in [0.1, 0.15) is 5.69 Å². The average Bonchev–Trinajstić information content (AvgIpc) is 3.23. The first-order valence-electron chi connectivity index (χ1n) is 6.29. The number of nitro benzene ring substituents is 1. The van der Waals surface area contributed by atoms with Gasteiger partial charge in [0.25, 0.3) is 5.69 Å². The smallest absolute Gasteiger partial charge is 0.294 e. The Kier molecular flexibility index (Phi) is 4.27. The van der Waals surface area contributed by atoms with E-state index in [9.17, 15) is 14.9 Å². The number of benzene rings is 1. The number of nitriles is 1. The third-order valence-corrected chi connectivity index (χ3v) is 3.01. The van der Waals surface area contributed by atoms with Crippen molar-refractivity contribution in [1.82, 2.24) is 5.32 Å². The summed E-state index contributed by atoms with van der Waals surface area (Å²) in [6.45, 7) is 0.913. The maximum Gasteiger partial charge on any atom is 0.294 e. The van der Waals surface area contributed by atoms with E-state index in [1.54, 1.807) is 0 Å². The second-order valence-corrected chi connectivity index (χ2v) is 4.72. The number of carbonyl (C=O) groups is 1. The third-order valence-electron chi connectivity index (χ3n) is 3.01. The monoisotopic (exact) mass is 274 g/mol. The number of nitrogens with one attached hydrogen (secondary N) is 2. The van der Waals surface area contributed by atoms with E-state index < -0.39 is 4.92 Å². The maximum atomic E-state index is 11.7. The van der Waals surface area contributed by atoms with Crippen LogP contribution in [0.15, 0.2) is 18.2 Å². The molecular weight excluding hydrogens is 260 g/mol. The number of nitro groups is 1. The lowest BCUT2D eigenvalue weighted by Gasteiger charge is -2.07. The zero-order valence-electron chi connectivity index (χ0n) is 10.8. The molecule has 0 spiro atoms. The molecule has 2 rings (SSSR count). The summed E-state index contributed by atoms with van der Waals surface area (Å²) in [6, 6.07) is 5.77. The first-order valence-corrected chi connectivity index (χ1v) is 6.29. The second kappa shape index (κ2) is 6.12. The van der Waals surface area contributed by atoms with E-state index in [0.29, 0.717) is 5.92 Å². The van der Waals surface area contributed by atoms with Crippen molar-refractivity contribution in [3.8, 4) is 6.07 Å². The van der Waals surface area contributed by atoms with Gasteiger partial charge in [-0.25, -0.2) is 0 Å². The van der Waals surface area contributed by atoms with Crippen molar-refractivity contribution in [2.45, 2.75) is 12.8 Å². The largest absolute Gasteiger partial charge is 0.319 e. The Morgan fingerprint density at radius 3 is 2.85 bits per heavy atom. The SMILES string of the molecule is N#Cc1ccc(NC(=O)CNCC2CC2)c([N+](=O)[O-])c1. The van der Waals surface area contributed by atoms with Crippen molar-refractivity contribution in [1.29, 1.82) is 5.26 Å². The van der Waals surface area contributed by atoms with Crippen LogP contribution in [0.4, 0.5) is 11.4 Å². The molecule has 1 fully saturated rings. The second-order valence-electron chi connectivity index (χ2n) is 4.72. The molecule has 1 amide bonds. The molecule has 0 radical (unpaired) electrons. The molecule has 0 unspecified atom stereocenters. The van der Waals surface area contributed by atoms with E-state index in [4.69, 9.17) is 5.26 Å². The summed E-state index contributed by atoms with van der Waals surface area (Å²) in [4.78, 5) is 22.0. The molecule has 0 bridgehead atoms. The maximum absolute atomic E-state index is 11.7. The van der Waals surface area contributed by atoms with Gasteiger partial charge >= 0.3 is 0 Å². The van der Waals surface area contributed by atoms with Crippen molar-refractivity contribution in [2.75, 3.05) is 18.4 Å². The topological polar surface area (TPSA) is 108 Å². The molecule has 0 heterocycles. The molecule has 7 heteroatoms. The molecule has 1 aromatic rings. The number of hydrogen-bond donors (Lipinski definition) is 2. The summed E-state index contributed by atoms with van der Waals surface area (Å²) in [5.74, 6) is 0.325. The number of nitrogens with zero attached hydrogens (tertiary/aromatic N) is 2. The van der Waals surface area contributed by atoms with E-state index in [-0.39, 0.29) is 29.4 Å². The Morgan fingerprint density at radius 1 is 1.50 bits per heavy atom. The van der Waals surface area contributed by atoms with Crippen LogP contribution in [0.2, 0.25) is 0 Å². The molecule has 0 aromatic heterocycles. The minimum Gasteiger partial charge on any atom is -0.319 e. The van der Waals surface area contributed by atoms with Gasteiger partial charge in [-0.3, -0.25) is 14.9 Å². The van der Waals surface area contributed by atoms with Crippen LogP contribution in [0.1, 0.15) is 18.4 Å². The van der Waals surface area contributed by atoms with Crippen molar-refractivity contribution >= 4 is 17.3 Å². The first-order chi connectivity index (χ1) is 9.60. The molecule has 0 atom stereocenters. The highest BCUT2D eigenvalue weighted by Crippen LogP contribution is 2.27. The highest BCUT2D eigenvalue weighted by molar-refractivity contribution is 5.94. The Morgan fingerprint density at radius 2 is 2.25 bits per heavy atom. The van der Waals surface area contributed by atoms with E-state index in [2.05, 4.69) is 10.6 Å². The average molecular weight is 274 g/mol. The summed E-state index contributed by atoms with van der Waals surface area (Å²) in [6.07, 6.45) is 2.38. The quantitative estimate of drug-likeness (QED) is 0.602. The zero-order valence-corrected chi connectivity index (χ0v) is 10.8. The fraction of sp³-hybridized carbons (Fsp3) is 0.385. The van der Waals surface area contributed by atoms with Crippen LogP contribution in [0, 0.1) is 27.4 Å². The van der Waals surface area contributed by atoms with Gasteiger partial charge in [-0.05, 0) is 37.4 Å². The predicted octanol–water partition coefficient (Wildman–Crippen LogP) is 1.40. The number of hydrogen-bond acceptors (Lipinski definition) is 5. The summed E-state index contributed by atoms with van der Waals surface area (Å²) in [7, 11) is 0. The van der Waals surface area contributed by atoms with Crippen LogP contribution >= 0.6 is 0 Å². The lowest BCUT2D eigenvalue weighted by molar-refractivity contribution is -0.383. The highest BCUT2D eigenvalue weighted by atomic mass is 16.6. The molecule has 1 aliphatic rings. The Bertz CT molecular complexity index is 575. The molecule has 7 nitrogen and oxygen atoms in total. The number of anilines is 1. The molecule has 1 aromatic carbocycles. The highest BCUT2D eigenvalue weighted by Gasteiger charge is 2.21. The van der Waals surface area contributed by atoms with Crippen molar-refractivity contribution in [3.05, 3.63) is 33.9 Å². The van der Waals surface area contributed by atoms with Gasteiger partial charge in [-0.1, -0.05) is 0 Å². The standard InChI is InChI=1S/C13H14N4O3/c14-6-10-3-4-11(12(5-10)17(19)20)16-13(18)8-15-7-9-1-2-9/h3-5,9,15H,1-2,7-8H2,(H,16,18). The van der Waals surface area contributed by atoms with Crippen LogP contribution in [-0.2, 0) is 4.79 Å². The minimum atomic E-state index is -0.617. The fourth-order valence-electron chi connectivity index (χ4n) is 1.76. The summed E-state index contributed by atoms with van der Waals surface area (Å²) in [5, 5.41) is 25.1. The van der Waals surface area contributed by atoms with Gasteiger partial charge in [-0.2, -0.15) is 5.26 Å². The van der Waals surface area contributed by atoms with E-state index in [0.717, 1.165) is 12.6 Å². The van der Waals surface area contributed by atoms with E-state index in [1.807, 2.05) is 6.07 Å². The normalized spacial score (nSPS) is 13.6. The van der Waals surface area contributed by atoms with Gasteiger partial charge in [0.15, 0.2) is 0 Å². The van der Waals surface area contributed by atoms with Crippen LogP contribution in [0.3, 0.4) is 0 Å². The van der Waals surface area contributed by atoms with Gasteiger partial charge in [0.05, 0.1) is 23.1 Å².